The fourth-order valence-electron chi connectivity index (χ4n) is 4.86. The molecule has 2 aliphatic carbocycles. The molecule has 0 bridgehead atoms. The summed E-state index contributed by atoms with van der Waals surface area (Å²) < 4.78 is 33.5. The van der Waals surface area contributed by atoms with Crippen molar-refractivity contribution in [3.8, 4) is 0 Å². The molecular formula is C18H25NO3S. The second-order valence-corrected chi connectivity index (χ2v) is 9.43. The minimum Gasteiger partial charge on any atom is -0.368 e. The average Bonchev–Trinajstić information content (AvgIpc) is 3.32. The van der Waals surface area contributed by atoms with E-state index in [2.05, 4.69) is 0 Å². The van der Waals surface area contributed by atoms with Crippen LogP contribution in [0.4, 0.5) is 0 Å². The molecule has 126 valence electrons. The summed E-state index contributed by atoms with van der Waals surface area (Å²) in [5.74, 6) is 1.02. The third-order valence-corrected chi connectivity index (χ3v) is 8.02. The number of benzene rings is 1. The van der Waals surface area contributed by atoms with E-state index in [1.54, 1.807) is 23.5 Å². The van der Waals surface area contributed by atoms with Crippen molar-refractivity contribution in [1.29, 1.82) is 0 Å². The Hall–Kier alpha value is -0.910. The van der Waals surface area contributed by atoms with Gasteiger partial charge in [0, 0.05) is 7.05 Å². The first kappa shape index (κ1) is 15.6. The SMILES string of the molecule is Cc1ccc(S(=O)(=O)N(C)[C@H]2[C@@H]3CCCCC[C@@H]3[C@@]23CO3)cc1. The number of likely N-dealkylation sites (N-methyl/N-ethyl adjacent to an activating group) is 1. The molecule has 1 aromatic carbocycles. The van der Waals surface area contributed by atoms with Crippen LogP contribution in [0, 0.1) is 18.8 Å². The van der Waals surface area contributed by atoms with Crippen molar-refractivity contribution in [3.05, 3.63) is 29.8 Å². The quantitative estimate of drug-likeness (QED) is 0.798. The van der Waals surface area contributed by atoms with Gasteiger partial charge >= 0.3 is 0 Å². The minimum absolute atomic E-state index is 0.0110. The molecule has 3 fully saturated rings. The Morgan fingerprint density at radius 2 is 1.78 bits per heavy atom. The Labute approximate surface area is 138 Å². The van der Waals surface area contributed by atoms with E-state index in [1.807, 2.05) is 19.1 Å². The lowest BCUT2D eigenvalue weighted by Crippen LogP contribution is -2.66. The Morgan fingerprint density at radius 3 is 2.43 bits per heavy atom. The topological polar surface area (TPSA) is 49.9 Å². The van der Waals surface area contributed by atoms with Crippen LogP contribution >= 0.6 is 0 Å². The van der Waals surface area contributed by atoms with Gasteiger partial charge in [0.15, 0.2) is 0 Å². The molecule has 0 radical (unpaired) electrons. The second-order valence-electron chi connectivity index (χ2n) is 7.43. The largest absolute Gasteiger partial charge is 0.368 e. The van der Waals surface area contributed by atoms with Crippen LogP contribution in [0.5, 0.6) is 0 Å². The van der Waals surface area contributed by atoms with Gasteiger partial charge in [-0.05, 0) is 43.7 Å². The molecule has 0 unspecified atom stereocenters. The number of hydrogen-bond donors (Lipinski definition) is 0. The zero-order chi connectivity index (χ0) is 16.2. The number of epoxide rings is 1. The van der Waals surface area contributed by atoms with E-state index >= 15 is 0 Å². The summed E-state index contributed by atoms with van der Waals surface area (Å²) in [7, 11) is -1.72. The molecule has 23 heavy (non-hydrogen) atoms. The Bertz CT molecular complexity index is 693. The molecule has 0 aromatic heterocycles. The lowest BCUT2D eigenvalue weighted by Gasteiger charge is -2.53. The number of ether oxygens (including phenoxy) is 1. The van der Waals surface area contributed by atoms with Crippen molar-refractivity contribution >= 4 is 10.0 Å². The molecule has 4 nitrogen and oxygen atoms in total. The summed E-state index contributed by atoms with van der Waals surface area (Å²) in [6.07, 6.45) is 6.07. The van der Waals surface area contributed by atoms with Crippen molar-refractivity contribution in [1.82, 2.24) is 4.31 Å². The van der Waals surface area contributed by atoms with Crippen molar-refractivity contribution in [2.24, 2.45) is 11.8 Å². The van der Waals surface area contributed by atoms with Gasteiger partial charge in [0.05, 0.1) is 17.5 Å². The molecule has 1 heterocycles. The fourth-order valence-corrected chi connectivity index (χ4v) is 6.30. The number of sulfonamides is 1. The van der Waals surface area contributed by atoms with Crippen LogP contribution in [0.3, 0.4) is 0 Å². The molecular weight excluding hydrogens is 310 g/mol. The van der Waals surface area contributed by atoms with Crippen molar-refractivity contribution in [2.45, 2.75) is 55.6 Å². The fraction of sp³-hybridized carbons (Fsp3) is 0.667. The van der Waals surface area contributed by atoms with Crippen LogP contribution in [0.15, 0.2) is 29.2 Å². The lowest BCUT2D eigenvalue weighted by molar-refractivity contribution is -0.0533. The minimum atomic E-state index is -3.46. The van der Waals surface area contributed by atoms with E-state index in [0.29, 0.717) is 16.7 Å². The molecule has 2 saturated carbocycles. The molecule has 5 heteroatoms. The number of rotatable bonds is 3. The van der Waals surface area contributed by atoms with Gasteiger partial charge in [-0.1, -0.05) is 37.0 Å². The standard InChI is InChI=1S/C18H25NO3S/c1-13-8-10-14(11-9-13)23(20,21)19(2)17-15-6-4-3-5-7-16(15)18(17)12-22-18/h8-11,15-17H,3-7,12H2,1-2H3/t15-,16+,17+,18+/m1/s1. The van der Waals surface area contributed by atoms with E-state index in [-0.39, 0.29) is 11.6 Å². The smallest absolute Gasteiger partial charge is 0.243 e. The van der Waals surface area contributed by atoms with E-state index in [1.165, 1.54) is 25.7 Å². The van der Waals surface area contributed by atoms with Crippen molar-refractivity contribution < 1.29 is 13.2 Å². The summed E-state index contributed by atoms with van der Waals surface area (Å²) >= 11 is 0. The van der Waals surface area contributed by atoms with Crippen LogP contribution in [0.2, 0.25) is 0 Å². The monoisotopic (exact) mass is 335 g/mol. The molecule has 1 aliphatic heterocycles. The predicted octanol–water partition coefficient (Wildman–Crippen LogP) is 2.96. The maximum absolute atomic E-state index is 13.0. The zero-order valence-corrected chi connectivity index (χ0v) is 14.7. The van der Waals surface area contributed by atoms with Gasteiger partial charge in [-0.15, -0.1) is 0 Å². The summed E-state index contributed by atoms with van der Waals surface area (Å²) in [5, 5.41) is 0. The van der Waals surface area contributed by atoms with Crippen molar-refractivity contribution in [3.63, 3.8) is 0 Å². The van der Waals surface area contributed by atoms with E-state index < -0.39 is 10.0 Å². The molecule has 1 saturated heterocycles. The molecule has 1 aromatic rings. The number of aryl methyl sites for hydroxylation is 1. The summed E-state index contributed by atoms with van der Waals surface area (Å²) in [6.45, 7) is 2.70. The first-order valence-corrected chi connectivity index (χ1v) is 10.1. The molecule has 4 rings (SSSR count). The number of nitrogens with zero attached hydrogens (tertiary/aromatic N) is 1. The highest BCUT2D eigenvalue weighted by molar-refractivity contribution is 7.89. The van der Waals surface area contributed by atoms with Crippen LogP contribution < -0.4 is 0 Å². The van der Waals surface area contributed by atoms with E-state index in [0.717, 1.165) is 18.6 Å². The van der Waals surface area contributed by atoms with Crippen LogP contribution in [-0.4, -0.2) is 38.0 Å². The number of hydrogen-bond acceptors (Lipinski definition) is 3. The summed E-state index contributed by atoms with van der Waals surface area (Å²) in [4.78, 5) is 0.387. The van der Waals surface area contributed by atoms with Gasteiger partial charge in [0.1, 0.15) is 5.60 Å². The maximum Gasteiger partial charge on any atom is 0.243 e. The first-order chi connectivity index (χ1) is 11.0. The predicted molar refractivity (Wildman–Crippen MR) is 88.7 cm³/mol. The molecule has 3 aliphatic rings. The maximum atomic E-state index is 13.0. The highest BCUT2D eigenvalue weighted by atomic mass is 32.2. The average molecular weight is 335 g/mol. The highest BCUT2D eigenvalue weighted by Crippen LogP contribution is 2.61. The second kappa shape index (κ2) is 5.30. The van der Waals surface area contributed by atoms with E-state index in [9.17, 15) is 8.42 Å². The van der Waals surface area contributed by atoms with Crippen LogP contribution in [0.1, 0.15) is 37.7 Å². The van der Waals surface area contributed by atoms with Crippen molar-refractivity contribution in [2.75, 3.05) is 13.7 Å². The number of fused-ring (bicyclic) bond motifs is 2. The van der Waals surface area contributed by atoms with Gasteiger partial charge in [-0.25, -0.2) is 8.42 Å². The Kier molecular flexibility index (Phi) is 3.59. The van der Waals surface area contributed by atoms with Gasteiger partial charge in [-0.2, -0.15) is 4.31 Å². The van der Waals surface area contributed by atoms with Gasteiger partial charge in [-0.3, -0.25) is 0 Å². The van der Waals surface area contributed by atoms with E-state index in [4.69, 9.17) is 4.74 Å². The third-order valence-electron chi connectivity index (χ3n) is 6.17. The summed E-state index contributed by atoms with van der Waals surface area (Å²) in [5.41, 5.74) is 0.891. The lowest BCUT2D eigenvalue weighted by atomic mass is 9.58. The third kappa shape index (κ3) is 2.28. The molecule has 1 spiro atoms. The van der Waals surface area contributed by atoms with Crippen LogP contribution in [0.25, 0.3) is 0 Å². The first-order valence-electron chi connectivity index (χ1n) is 8.65. The Morgan fingerprint density at radius 1 is 1.13 bits per heavy atom. The van der Waals surface area contributed by atoms with Crippen LogP contribution in [-0.2, 0) is 14.8 Å². The Balaban J connectivity index is 1.63. The van der Waals surface area contributed by atoms with Gasteiger partial charge in [0.2, 0.25) is 10.0 Å². The van der Waals surface area contributed by atoms with Gasteiger partial charge in [0.25, 0.3) is 0 Å². The summed E-state index contributed by atoms with van der Waals surface area (Å²) in [6, 6.07) is 7.16. The van der Waals surface area contributed by atoms with Gasteiger partial charge < -0.3 is 4.74 Å². The molecule has 4 atom stereocenters. The highest BCUT2D eigenvalue weighted by Gasteiger charge is 2.72. The molecule has 0 amide bonds. The normalized spacial score (nSPS) is 36.4. The zero-order valence-electron chi connectivity index (χ0n) is 13.9. The molecule has 0 N–H and O–H groups in total.